The molecule has 32 heavy (non-hydrogen) atoms. The molecule has 4 atom stereocenters. The first-order valence-electron chi connectivity index (χ1n) is 10.3. The van der Waals surface area contributed by atoms with Gasteiger partial charge in [-0.3, -0.25) is 24.0 Å². The number of carbonyl (C=O) groups is 6. The molecule has 4 unspecified atom stereocenters. The summed E-state index contributed by atoms with van der Waals surface area (Å²) < 4.78 is 0. The van der Waals surface area contributed by atoms with Gasteiger partial charge < -0.3 is 37.8 Å². The monoisotopic (exact) mass is 456 g/mol. The van der Waals surface area contributed by atoms with Gasteiger partial charge in [0.1, 0.15) is 18.1 Å². The number of carbonyl (C=O) groups excluding carboxylic acids is 5. The highest BCUT2D eigenvalue weighted by Gasteiger charge is 2.38. The van der Waals surface area contributed by atoms with Crippen LogP contribution in [0.4, 0.5) is 0 Å². The summed E-state index contributed by atoms with van der Waals surface area (Å²) in [7, 11) is 0. The fraction of sp³-hybridized carbons (Fsp3) is 0.684. The maximum atomic E-state index is 13.0. The van der Waals surface area contributed by atoms with Crippen LogP contribution in [0.5, 0.6) is 0 Å². The van der Waals surface area contributed by atoms with Crippen molar-refractivity contribution in [2.24, 2.45) is 23.1 Å². The highest BCUT2D eigenvalue weighted by Crippen LogP contribution is 2.20. The molecule has 0 bridgehead atoms. The topological polar surface area (TPSA) is 228 Å². The minimum absolute atomic E-state index is 0.0386. The van der Waals surface area contributed by atoms with Crippen LogP contribution in [0.3, 0.4) is 0 Å². The van der Waals surface area contributed by atoms with E-state index in [1.54, 1.807) is 0 Å². The molecular weight excluding hydrogens is 424 g/mol. The second kappa shape index (κ2) is 12.0. The van der Waals surface area contributed by atoms with Gasteiger partial charge in [-0.25, -0.2) is 4.79 Å². The van der Waals surface area contributed by atoms with E-state index in [2.05, 4.69) is 10.6 Å². The average Bonchev–Trinajstić information content (AvgIpc) is 3.15. The summed E-state index contributed by atoms with van der Waals surface area (Å²) in [5.41, 5.74) is 15.7. The van der Waals surface area contributed by atoms with E-state index in [0.717, 1.165) is 0 Å². The molecule has 13 heteroatoms. The summed E-state index contributed by atoms with van der Waals surface area (Å²) in [6.45, 7) is 3.87. The third kappa shape index (κ3) is 8.13. The first kappa shape index (κ1) is 26.8. The molecule has 0 aromatic heterocycles. The van der Waals surface area contributed by atoms with Crippen LogP contribution in [0.15, 0.2) is 0 Å². The summed E-state index contributed by atoms with van der Waals surface area (Å²) in [6, 6.07) is -4.85. The molecule has 13 nitrogen and oxygen atoms in total. The minimum atomic E-state index is -1.45. The van der Waals surface area contributed by atoms with Crippen LogP contribution in [-0.2, 0) is 28.8 Å². The molecule has 5 amide bonds. The predicted octanol–water partition coefficient (Wildman–Crippen LogP) is -2.84. The summed E-state index contributed by atoms with van der Waals surface area (Å²) in [6.07, 6.45) is -0.0296. The highest BCUT2D eigenvalue weighted by molar-refractivity contribution is 5.97. The van der Waals surface area contributed by atoms with E-state index in [0.29, 0.717) is 12.8 Å². The number of nitrogens with one attached hydrogen (secondary N) is 2. The van der Waals surface area contributed by atoms with Crippen molar-refractivity contribution in [3.63, 3.8) is 0 Å². The molecule has 0 aliphatic carbocycles. The zero-order valence-corrected chi connectivity index (χ0v) is 18.2. The van der Waals surface area contributed by atoms with Crippen LogP contribution >= 0.6 is 0 Å². The molecule has 1 rings (SSSR count). The Labute approximate surface area is 185 Å². The quantitative estimate of drug-likeness (QED) is 0.179. The van der Waals surface area contributed by atoms with Gasteiger partial charge in [-0.05, 0) is 25.2 Å². The zero-order chi connectivity index (χ0) is 24.6. The largest absolute Gasteiger partial charge is 0.480 e. The number of carboxylic acid groups (broad SMARTS) is 1. The van der Waals surface area contributed by atoms with E-state index in [9.17, 15) is 33.9 Å². The van der Waals surface area contributed by atoms with Gasteiger partial charge in [0, 0.05) is 6.54 Å². The molecule has 0 aromatic rings. The van der Waals surface area contributed by atoms with Crippen molar-refractivity contribution in [3.05, 3.63) is 0 Å². The number of rotatable bonds is 12. The van der Waals surface area contributed by atoms with Gasteiger partial charge >= 0.3 is 5.97 Å². The Morgan fingerprint density at radius 2 is 1.53 bits per heavy atom. The smallest absolute Gasteiger partial charge is 0.326 e. The van der Waals surface area contributed by atoms with Gasteiger partial charge in [-0.15, -0.1) is 0 Å². The van der Waals surface area contributed by atoms with Crippen molar-refractivity contribution >= 4 is 35.5 Å². The van der Waals surface area contributed by atoms with Crippen LogP contribution < -0.4 is 27.8 Å². The van der Waals surface area contributed by atoms with Gasteiger partial charge in [0.05, 0.1) is 18.9 Å². The standard InChI is InChI=1S/C19H32N6O7/c1-9(2)6-12(18(30)25-5-3-4-13(25)19(31)32)24-17(29)11(8-15(22)27)23-16(28)10(20)7-14(21)26/h9-13H,3-8,20H2,1-2H3,(H2,21,26)(H2,22,27)(H,23,28)(H,24,29)(H,31,32). The lowest BCUT2D eigenvalue weighted by molar-refractivity contribution is -0.149. The summed E-state index contributed by atoms with van der Waals surface area (Å²) in [5.74, 6) is -5.23. The van der Waals surface area contributed by atoms with Gasteiger partial charge in [0.15, 0.2) is 0 Å². The minimum Gasteiger partial charge on any atom is -0.480 e. The molecule has 0 saturated carbocycles. The molecule has 1 aliphatic rings. The van der Waals surface area contributed by atoms with Crippen molar-refractivity contribution < 1.29 is 33.9 Å². The third-order valence-corrected chi connectivity index (χ3v) is 4.94. The first-order valence-corrected chi connectivity index (χ1v) is 10.3. The Balaban J connectivity index is 3.01. The van der Waals surface area contributed by atoms with Crippen LogP contribution in [0, 0.1) is 5.92 Å². The van der Waals surface area contributed by atoms with E-state index >= 15 is 0 Å². The second-order valence-corrected chi connectivity index (χ2v) is 8.23. The van der Waals surface area contributed by atoms with Crippen LogP contribution in [0.1, 0.15) is 46.0 Å². The Morgan fingerprint density at radius 1 is 0.969 bits per heavy atom. The van der Waals surface area contributed by atoms with E-state index in [-0.39, 0.29) is 18.9 Å². The van der Waals surface area contributed by atoms with Crippen molar-refractivity contribution in [1.82, 2.24) is 15.5 Å². The van der Waals surface area contributed by atoms with E-state index in [1.165, 1.54) is 4.90 Å². The molecule has 1 fully saturated rings. The van der Waals surface area contributed by atoms with Gasteiger partial charge in [0.2, 0.25) is 29.5 Å². The molecule has 0 spiro atoms. The maximum absolute atomic E-state index is 13.0. The van der Waals surface area contributed by atoms with Crippen molar-refractivity contribution in [2.45, 2.75) is 70.1 Å². The van der Waals surface area contributed by atoms with Gasteiger partial charge in [0.25, 0.3) is 0 Å². The number of hydrogen-bond acceptors (Lipinski definition) is 7. The lowest BCUT2D eigenvalue weighted by Gasteiger charge is -2.29. The molecule has 1 saturated heterocycles. The Hall–Kier alpha value is -3.22. The molecule has 1 aliphatic heterocycles. The number of nitrogens with two attached hydrogens (primary N) is 3. The molecule has 180 valence electrons. The Morgan fingerprint density at radius 3 is 2.03 bits per heavy atom. The van der Waals surface area contributed by atoms with Crippen LogP contribution in [0.2, 0.25) is 0 Å². The Kier molecular flexibility index (Phi) is 10.0. The lowest BCUT2D eigenvalue weighted by Crippen LogP contribution is -2.58. The highest BCUT2D eigenvalue weighted by atomic mass is 16.4. The van der Waals surface area contributed by atoms with E-state index < -0.39 is 72.5 Å². The SMILES string of the molecule is CC(C)CC(NC(=O)C(CC(N)=O)NC(=O)C(N)CC(N)=O)C(=O)N1CCCC1C(=O)O. The number of nitrogens with zero attached hydrogens (tertiary/aromatic N) is 1. The summed E-state index contributed by atoms with van der Waals surface area (Å²) in [5, 5.41) is 14.1. The summed E-state index contributed by atoms with van der Waals surface area (Å²) >= 11 is 0. The number of carboxylic acids is 1. The van der Waals surface area contributed by atoms with Gasteiger partial charge in [-0.1, -0.05) is 13.8 Å². The fourth-order valence-electron chi connectivity index (χ4n) is 3.45. The van der Waals surface area contributed by atoms with E-state index in [4.69, 9.17) is 17.2 Å². The molecule has 0 radical (unpaired) electrons. The maximum Gasteiger partial charge on any atom is 0.326 e. The van der Waals surface area contributed by atoms with Crippen molar-refractivity contribution in [1.29, 1.82) is 0 Å². The van der Waals surface area contributed by atoms with Crippen molar-refractivity contribution in [3.8, 4) is 0 Å². The van der Waals surface area contributed by atoms with Crippen molar-refractivity contribution in [2.75, 3.05) is 6.54 Å². The summed E-state index contributed by atoms with van der Waals surface area (Å²) in [4.78, 5) is 73.1. The third-order valence-electron chi connectivity index (χ3n) is 4.94. The molecular formula is C19H32N6O7. The molecule has 9 N–H and O–H groups in total. The van der Waals surface area contributed by atoms with Crippen LogP contribution in [-0.4, -0.2) is 76.2 Å². The Bertz CT molecular complexity index is 756. The van der Waals surface area contributed by atoms with E-state index in [1.807, 2.05) is 13.8 Å². The molecule has 0 aromatic carbocycles. The average molecular weight is 457 g/mol. The zero-order valence-electron chi connectivity index (χ0n) is 18.2. The number of primary amides is 2. The second-order valence-electron chi connectivity index (χ2n) is 8.23. The fourth-order valence-corrected chi connectivity index (χ4v) is 3.45. The number of likely N-dealkylation sites (tertiary alicyclic amines) is 1. The van der Waals surface area contributed by atoms with Crippen LogP contribution in [0.25, 0.3) is 0 Å². The number of hydrogen-bond donors (Lipinski definition) is 6. The molecule has 1 heterocycles. The first-order chi connectivity index (χ1) is 14.8. The number of amides is 5. The lowest BCUT2D eigenvalue weighted by atomic mass is 10.0. The normalized spacial score (nSPS) is 18.5. The predicted molar refractivity (Wildman–Crippen MR) is 111 cm³/mol. The number of aliphatic carboxylic acids is 1. The van der Waals surface area contributed by atoms with Gasteiger partial charge in [-0.2, -0.15) is 0 Å².